The molecule has 2 aromatic carbocycles. The summed E-state index contributed by atoms with van der Waals surface area (Å²) in [6.45, 7) is 0.653. The van der Waals surface area contributed by atoms with Crippen molar-refractivity contribution in [3.63, 3.8) is 0 Å². The zero-order valence-corrected chi connectivity index (χ0v) is 12.3. The Labute approximate surface area is 126 Å². The second-order valence-electron chi connectivity index (χ2n) is 5.92. The average Bonchev–Trinajstić information content (AvgIpc) is 2.56. The van der Waals surface area contributed by atoms with E-state index in [2.05, 4.69) is 42.5 Å². The first kappa shape index (κ1) is 14.3. The summed E-state index contributed by atoms with van der Waals surface area (Å²) >= 11 is 0. The van der Waals surface area contributed by atoms with Gasteiger partial charge in [-0.1, -0.05) is 60.7 Å². The van der Waals surface area contributed by atoms with Crippen LogP contribution in [0.15, 0.2) is 60.7 Å². The van der Waals surface area contributed by atoms with Gasteiger partial charge >= 0.3 is 0 Å². The number of benzene rings is 2. The Morgan fingerprint density at radius 2 is 1.57 bits per heavy atom. The molecule has 0 heterocycles. The lowest BCUT2D eigenvalue weighted by Gasteiger charge is -2.34. The van der Waals surface area contributed by atoms with Crippen LogP contribution in [0, 0.1) is 0 Å². The normalized spacial score (nSPS) is 25.7. The Morgan fingerprint density at radius 3 is 2.29 bits per heavy atom. The number of rotatable bonds is 4. The summed E-state index contributed by atoms with van der Waals surface area (Å²) in [5.41, 5.74) is 8.89. The van der Waals surface area contributed by atoms with E-state index in [0.717, 1.165) is 19.3 Å². The van der Waals surface area contributed by atoms with Crippen LogP contribution in [0.3, 0.4) is 0 Å². The molecule has 0 aromatic heterocycles. The highest BCUT2D eigenvalue weighted by Gasteiger charge is 2.29. The number of hydrogen-bond donors (Lipinski definition) is 1. The lowest BCUT2D eigenvalue weighted by atomic mass is 9.80. The highest BCUT2D eigenvalue weighted by molar-refractivity contribution is 5.20. The fourth-order valence-electron chi connectivity index (χ4n) is 3.15. The molecule has 3 atom stereocenters. The molecule has 1 aliphatic rings. The number of hydrogen-bond acceptors (Lipinski definition) is 2. The van der Waals surface area contributed by atoms with Crippen molar-refractivity contribution in [1.29, 1.82) is 0 Å². The second-order valence-corrected chi connectivity index (χ2v) is 5.92. The monoisotopic (exact) mass is 281 g/mol. The molecule has 0 aliphatic heterocycles. The third kappa shape index (κ3) is 3.72. The van der Waals surface area contributed by atoms with Crippen molar-refractivity contribution >= 4 is 0 Å². The maximum absolute atomic E-state index is 6.26. The maximum Gasteiger partial charge on any atom is 0.0736 e. The van der Waals surface area contributed by atoms with E-state index in [1.807, 2.05) is 18.2 Å². The predicted molar refractivity (Wildman–Crippen MR) is 86.0 cm³/mol. The van der Waals surface area contributed by atoms with Crippen molar-refractivity contribution < 1.29 is 4.74 Å². The van der Waals surface area contributed by atoms with Crippen LogP contribution >= 0.6 is 0 Å². The zero-order valence-electron chi connectivity index (χ0n) is 12.3. The highest BCUT2D eigenvalue weighted by Crippen LogP contribution is 2.34. The minimum absolute atomic E-state index is 0.157. The molecule has 1 fully saturated rings. The minimum Gasteiger partial charge on any atom is -0.372 e. The van der Waals surface area contributed by atoms with Gasteiger partial charge in [0.1, 0.15) is 0 Å². The van der Waals surface area contributed by atoms with Gasteiger partial charge in [0, 0.05) is 6.04 Å². The molecule has 2 nitrogen and oxygen atoms in total. The first-order valence-electron chi connectivity index (χ1n) is 7.79. The number of nitrogens with two attached hydrogens (primary N) is 1. The van der Waals surface area contributed by atoms with Crippen LogP contribution in [0.25, 0.3) is 0 Å². The van der Waals surface area contributed by atoms with Crippen molar-refractivity contribution in [2.24, 2.45) is 5.73 Å². The van der Waals surface area contributed by atoms with Crippen molar-refractivity contribution in [2.45, 2.75) is 43.9 Å². The van der Waals surface area contributed by atoms with Crippen molar-refractivity contribution in [1.82, 2.24) is 0 Å². The van der Waals surface area contributed by atoms with E-state index < -0.39 is 0 Å². The van der Waals surface area contributed by atoms with Crippen LogP contribution in [0.5, 0.6) is 0 Å². The van der Waals surface area contributed by atoms with Gasteiger partial charge in [0.2, 0.25) is 0 Å². The predicted octanol–water partition coefficient (Wildman–Crippen LogP) is 3.87. The minimum atomic E-state index is 0.157. The van der Waals surface area contributed by atoms with E-state index in [1.165, 1.54) is 11.1 Å². The van der Waals surface area contributed by atoms with Crippen molar-refractivity contribution in [3.05, 3.63) is 71.8 Å². The molecular weight excluding hydrogens is 258 g/mol. The van der Waals surface area contributed by atoms with Crippen molar-refractivity contribution in [2.75, 3.05) is 0 Å². The molecule has 1 aliphatic carbocycles. The Kier molecular flexibility index (Phi) is 4.69. The summed E-state index contributed by atoms with van der Waals surface area (Å²) in [5.74, 6) is 0.576. The summed E-state index contributed by atoms with van der Waals surface area (Å²) in [7, 11) is 0. The average molecular weight is 281 g/mol. The van der Waals surface area contributed by atoms with Crippen LogP contribution in [0.4, 0.5) is 0 Å². The van der Waals surface area contributed by atoms with Gasteiger partial charge in [-0.3, -0.25) is 0 Å². The van der Waals surface area contributed by atoms with E-state index in [4.69, 9.17) is 10.5 Å². The highest BCUT2D eigenvalue weighted by atomic mass is 16.5. The third-order valence-corrected chi connectivity index (χ3v) is 4.42. The van der Waals surface area contributed by atoms with Crippen LogP contribution in [0.1, 0.15) is 36.3 Å². The molecule has 3 rings (SSSR count). The fourth-order valence-corrected chi connectivity index (χ4v) is 3.15. The Hall–Kier alpha value is -1.64. The number of ether oxygens (including phenoxy) is 1. The molecule has 3 unspecified atom stereocenters. The molecule has 2 aromatic rings. The molecular formula is C19H23NO. The SMILES string of the molecule is NC1CCC(c2ccccc2)CC1OCc1ccccc1. The van der Waals surface area contributed by atoms with Gasteiger partial charge in [-0.2, -0.15) is 0 Å². The first-order valence-corrected chi connectivity index (χ1v) is 7.79. The summed E-state index contributed by atoms with van der Waals surface area (Å²) < 4.78 is 6.11. The Morgan fingerprint density at radius 1 is 0.905 bits per heavy atom. The van der Waals surface area contributed by atoms with Gasteiger partial charge < -0.3 is 10.5 Å². The first-order chi connectivity index (χ1) is 10.3. The van der Waals surface area contributed by atoms with Gasteiger partial charge in [-0.25, -0.2) is 0 Å². The molecule has 0 amide bonds. The summed E-state index contributed by atoms with van der Waals surface area (Å²) in [6.07, 6.45) is 3.39. The van der Waals surface area contributed by atoms with Gasteiger partial charge in [0.15, 0.2) is 0 Å². The topological polar surface area (TPSA) is 35.2 Å². The fraction of sp³-hybridized carbons (Fsp3) is 0.368. The summed E-state index contributed by atoms with van der Waals surface area (Å²) in [6, 6.07) is 21.2. The van der Waals surface area contributed by atoms with E-state index in [0.29, 0.717) is 12.5 Å². The standard InChI is InChI=1S/C19H23NO/c20-18-12-11-17(16-9-5-2-6-10-16)13-19(18)21-14-15-7-3-1-4-8-15/h1-10,17-19H,11-14,20H2. The van der Waals surface area contributed by atoms with Crippen LogP contribution in [0.2, 0.25) is 0 Å². The molecule has 1 saturated carbocycles. The van der Waals surface area contributed by atoms with Gasteiger partial charge in [0.25, 0.3) is 0 Å². The smallest absolute Gasteiger partial charge is 0.0736 e. The van der Waals surface area contributed by atoms with E-state index >= 15 is 0 Å². The summed E-state index contributed by atoms with van der Waals surface area (Å²) in [5, 5.41) is 0. The molecule has 2 heteroatoms. The Bertz CT molecular complexity index is 540. The van der Waals surface area contributed by atoms with Gasteiger partial charge in [0.05, 0.1) is 12.7 Å². The summed E-state index contributed by atoms with van der Waals surface area (Å²) in [4.78, 5) is 0. The molecule has 0 spiro atoms. The van der Waals surface area contributed by atoms with Crippen LogP contribution in [-0.2, 0) is 11.3 Å². The molecule has 0 saturated heterocycles. The molecule has 2 N–H and O–H groups in total. The van der Waals surface area contributed by atoms with E-state index in [9.17, 15) is 0 Å². The van der Waals surface area contributed by atoms with E-state index in [-0.39, 0.29) is 12.1 Å². The second kappa shape index (κ2) is 6.88. The molecule has 110 valence electrons. The largest absolute Gasteiger partial charge is 0.372 e. The van der Waals surface area contributed by atoms with Gasteiger partial charge in [-0.05, 0) is 36.3 Å². The molecule has 0 bridgehead atoms. The van der Waals surface area contributed by atoms with Crippen LogP contribution < -0.4 is 5.73 Å². The third-order valence-electron chi connectivity index (χ3n) is 4.42. The van der Waals surface area contributed by atoms with Crippen molar-refractivity contribution in [3.8, 4) is 0 Å². The Balaban J connectivity index is 1.61. The lowest BCUT2D eigenvalue weighted by molar-refractivity contribution is -0.00138. The lowest BCUT2D eigenvalue weighted by Crippen LogP contribution is -2.41. The van der Waals surface area contributed by atoms with Crippen LogP contribution in [-0.4, -0.2) is 12.1 Å². The quantitative estimate of drug-likeness (QED) is 0.923. The van der Waals surface area contributed by atoms with E-state index in [1.54, 1.807) is 0 Å². The molecule has 21 heavy (non-hydrogen) atoms. The zero-order chi connectivity index (χ0) is 14.5. The maximum atomic E-state index is 6.26. The van der Waals surface area contributed by atoms with Gasteiger partial charge in [-0.15, -0.1) is 0 Å². The molecule has 0 radical (unpaired) electrons.